The molecule has 0 aromatic carbocycles. The van der Waals surface area contributed by atoms with E-state index < -0.39 is 0 Å². The summed E-state index contributed by atoms with van der Waals surface area (Å²) >= 11 is 0. The van der Waals surface area contributed by atoms with E-state index in [1.54, 1.807) is 0 Å². The molecule has 0 aliphatic heterocycles. The van der Waals surface area contributed by atoms with Crippen LogP contribution in [-0.2, 0) is 0 Å². The Morgan fingerprint density at radius 3 is 1.20 bits per heavy atom. The molecule has 0 radical (unpaired) electrons. The second-order valence-electron chi connectivity index (χ2n) is 5.74. The van der Waals surface area contributed by atoms with E-state index in [2.05, 4.69) is 0 Å². The van der Waals surface area contributed by atoms with Gasteiger partial charge in [-0.1, -0.05) is 38.5 Å². The van der Waals surface area contributed by atoms with Crippen LogP contribution < -0.4 is 11.5 Å². The van der Waals surface area contributed by atoms with Crippen molar-refractivity contribution >= 4 is 24.8 Å². The van der Waals surface area contributed by atoms with Gasteiger partial charge in [0.05, 0.1) is 12.2 Å². The molecule has 2 aliphatic rings. The third-order valence-electron chi connectivity index (χ3n) is 4.06. The summed E-state index contributed by atoms with van der Waals surface area (Å²) in [4.78, 5) is 0. The molecule has 0 heterocycles. The maximum absolute atomic E-state index is 9.23. The molecule has 0 aromatic rings. The summed E-state index contributed by atoms with van der Waals surface area (Å²) < 4.78 is 0. The number of hydrogen-bond donors (Lipinski definition) is 4. The monoisotopic (exact) mass is 330 g/mol. The number of aliphatic hydroxyl groups excluding tert-OH is 2. The molecule has 6 heteroatoms. The summed E-state index contributed by atoms with van der Waals surface area (Å²) in [6, 6.07) is 0.0972. The van der Waals surface area contributed by atoms with Crippen LogP contribution in [0.1, 0.15) is 64.2 Å². The summed E-state index contributed by atoms with van der Waals surface area (Å²) in [5.41, 5.74) is 11.3. The fraction of sp³-hybridized carbons (Fsp3) is 1.00. The molecule has 4 nitrogen and oxygen atoms in total. The van der Waals surface area contributed by atoms with Crippen LogP contribution in [0.15, 0.2) is 0 Å². The molecule has 6 N–H and O–H groups in total. The highest BCUT2D eigenvalue weighted by Crippen LogP contribution is 2.16. The molecule has 2 rings (SSSR count). The highest BCUT2D eigenvalue weighted by Gasteiger charge is 2.17. The van der Waals surface area contributed by atoms with Crippen molar-refractivity contribution in [2.24, 2.45) is 11.5 Å². The predicted molar refractivity (Wildman–Crippen MR) is 88.6 cm³/mol. The van der Waals surface area contributed by atoms with Crippen LogP contribution in [-0.4, -0.2) is 34.5 Å². The van der Waals surface area contributed by atoms with Crippen molar-refractivity contribution < 1.29 is 10.2 Å². The quantitative estimate of drug-likeness (QED) is 0.512. The van der Waals surface area contributed by atoms with E-state index in [-0.39, 0.29) is 49.1 Å². The Morgan fingerprint density at radius 1 is 0.550 bits per heavy atom. The van der Waals surface area contributed by atoms with Gasteiger partial charge in [0.1, 0.15) is 0 Å². The lowest BCUT2D eigenvalue weighted by Crippen LogP contribution is -2.33. The first-order valence-corrected chi connectivity index (χ1v) is 7.48. The van der Waals surface area contributed by atoms with Gasteiger partial charge in [-0.15, -0.1) is 24.8 Å². The Balaban J connectivity index is 0. The van der Waals surface area contributed by atoms with Crippen molar-refractivity contribution in [1.29, 1.82) is 0 Å². The molecule has 124 valence electrons. The van der Waals surface area contributed by atoms with Crippen LogP contribution in [0.3, 0.4) is 0 Å². The lowest BCUT2D eigenvalue weighted by atomic mass is 10.1. The minimum atomic E-state index is -0.229. The molecule has 0 saturated heterocycles. The molecule has 2 fully saturated rings. The van der Waals surface area contributed by atoms with Crippen molar-refractivity contribution in [2.45, 2.75) is 88.5 Å². The van der Waals surface area contributed by atoms with Gasteiger partial charge in [-0.05, 0) is 25.7 Å². The lowest BCUT2D eigenvalue weighted by Gasteiger charge is -2.13. The molecular formula is C14H32Cl2N2O2. The van der Waals surface area contributed by atoms with Crippen LogP contribution in [0.2, 0.25) is 0 Å². The zero-order valence-corrected chi connectivity index (χ0v) is 13.9. The number of hydrogen-bond acceptors (Lipinski definition) is 4. The molecule has 0 spiro atoms. The van der Waals surface area contributed by atoms with Crippen molar-refractivity contribution in [3.8, 4) is 0 Å². The zero-order valence-electron chi connectivity index (χ0n) is 12.2. The zero-order chi connectivity index (χ0) is 13.4. The van der Waals surface area contributed by atoms with Gasteiger partial charge in [-0.25, -0.2) is 0 Å². The molecule has 0 bridgehead atoms. The lowest BCUT2D eigenvalue weighted by molar-refractivity contribution is 0.137. The predicted octanol–water partition coefficient (Wildman–Crippen LogP) is 2.12. The highest BCUT2D eigenvalue weighted by atomic mass is 35.5. The standard InChI is InChI=1S/2C7H15NO.2ClH/c2*8-6-4-2-1-3-5-7(6)9;;/h2*6-7,9H,1-5,8H2;2*1H/t2*6-,7+;;/m10../s1. The Bertz CT molecular complexity index is 181. The van der Waals surface area contributed by atoms with Crippen LogP contribution in [0.4, 0.5) is 0 Å². The van der Waals surface area contributed by atoms with Crippen LogP contribution >= 0.6 is 24.8 Å². The molecular weight excluding hydrogens is 299 g/mol. The highest BCUT2D eigenvalue weighted by molar-refractivity contribution is 5.85. The fourth-order valence-electron chi connectivity index (χ4n) is 2.63. The van der Waals surface area contributed by atoms with Crippen molar-refractivity contribution in [3.63, 3.8) is 0 Å². The second kappa shape index (κ2) is 13.1. The average Bonchev–Trinajstić information content (AvgIpc) is 2.65. The molecule has 2 saturated carbocycles. The van der Waals surface area contributed by atoms with Gasteiger partial charge in [-0.3, -0.25) is 0 Å². The van der Waals surface area contributed by atoms with Gasteiger partial charge < -0.3 is 21.7 Å². The van der Waals surface area contributed by atoms with Gasteiger partial charge in [-0.2, -0.15) is 0 Å². The van der Waals surface area contributed by atoms with E-state index in [0.717, 1.165) is 38.5 Å². The van der Waals surface area contributed by atoms with Crippen LogP contribution in [0, 0.1) is 0 Å². The van der Waals surface area contributed by atoms with Crippen LogP contribution in [0.25, 0.3) is 0 Å². The Morgan fingerprint density at radius 2 is 0.850 bits per heavy atom. The van der Waals surface area contributed by atoms with E-state index in [0.29, 0.717) is 0 Å². The molecule has 4 atom stereocenters. The summed E-state index contributed by atoms with van der Waals surface area (Å²) in [6.07, 6.45) is 10.5. The first kappa shape index (κ1) is 22.7. The Labute approximate surface area is 135 Å². The maximum atomic E-state index is 9.23. The molecule has 0 aromatic heterocycles. The summed E-state index contributed by atoms with van der Waals surface area (Å²) in [5, 5.41) is 18.5. The van der Waals surface area contributed by atoms with E-state index in [1.807, 2.05) is 0 Å². The maximum Gasteiger partial charge on any atom is 0.0691 e. The molecule has 0 amide bonds. The Kier molecular flexibility index (Phi) is 14.9. The fourth-order valence-corrected chi connectivity index (χ4v) is 2.63. The first-order chi connectivity index (χ1) is 8.61. The summed E-state index contributed by atoms with van der Waals surface area (Å²) in [5.74, 6) is 0. The van der Waals surface area contributed by atoms with E-state index in [9.17, 15) is 10.2 Å². The van der Waals surface area contributed by atoms with Crippen LogP contribution in [0.5, 0.6) is 0 Å². The van der Waals surface area contributed by atoms with E-state index >= 15 is 0 Å². The first-order valence-electron chi connectivity index (χ1n) is 7.48. The topological polar surface area (TPSA) is 92.5 Å². The number of halogens is 2. The smallest absolute Gasteiger partial charge is 0.0691 e. The van der Waals surface area contributed by atoms with Gasteiger partial charge in [0.25, 0.3) is 0 Å². The molecule has 0 unspecified atom stereocenters. The second-order valence-corrected chi connectivity index (χ2v) is 5.74. The van der Waals surface area contributed by atoms with Gasteiger partial charge >= 0.3 is 0 Å². The summed E-state index contributed by atoms with van der Waals surface area (Å²) in [7, 11) is 0. The number of rotatable bonds is 0. The Hall–Kier alpha value is 0.420. The van der Waals surface area contributed by atoms with E-state index in [1.165, 1.54) is 25.7 Å². The van der Waals surface area contributed by atoms with Crippen molar-refractivity contribution in [3.05, 3.63) is 0 Å². The normalized spacial score (nSPS) is 34.2. The van der Waals surface area contributed by atoms with Crippen molar-refractivity contribution in [2.75, 3.05) is 0 Å². The third kappa shape index (κ3) is 9.37. The van der Waals surface area contributed by atoms with Crippen molar-refractivity contribution in [1.82, 2.24) is 0 Å². The minimum Gasteiger partial charge on any atom is -0.392 e. The molecule has 20 heavy (non-hydrogen) atoms. The summed E-state index contributed by atoms with van der Waals surface area (Å²) in [6.45, 7) is 0. The van der Waals surface area contributed by atoms with Gasteiger partial charge in [0, 0.05) is 12.1 Å². The molecule has 2 aliphatic carbocycles. The van der Waals surface area contributed by atoms with Gasteiger partial charge in [0.15, 0.2) is 0 Å². The number of aliphatic hydroxyl groups is 2. The average molecular weight is 331 g/mol. The minimum absolute atomic E-state index is 0. The SMILES string of the molecule is Cl.Cl.N[C@@H]1CCCCC[C@@H]1O.N[C@H]1CCCCC[C@H]1O. The largest absolute Gasteiger partial charge is 0.392 e. The van der Waals surface area contributed by atoms with E-state index in [4.69, 9.17) is 11.5 Å². The third-order valence-corrected chi connectivity index (χ3v) is 4.06. The number of nitrogens with two attached hydrogens (primary N) is 2. The van der Waals surface area contributed by atoms with Gasteiger partial charge in [0.2, 0.25) is 0 Å².